The van der Waals surface area contributed by atoms with Crippen LogP contribution >= 0.6 is 0 Å². The van der Waals surface area contributed by atoms with Crippen molar-refractivity contribution in [1.29, 1.82) is 0 Å². The summed E-state index contributed by atoms with van der Waals surface area (Å²) in [5.74, 6) is 1.49. The molecule has 1 fully saturated rings. The van der Waals surface area contributed by atoms with Gasteiger partial charge in [-0.1, -0.05) is 36.4 Å². The number of benzene rings is 2. The Morgan fingerprint density at radius 2 is 1.76 bits per heavy atom. The van der Waals surface area contributed by atoms with Crippen LogP contribution in [0.15, 0.2) is 79.1 Å². The van der Waals surface area contributed by atoms with E-state index in [0.29, 0.717) is 18.1 Å². The zero-order chi connectivity index (χ0) is 22.6. The summed E-state index contributed by atoms with van der Waals surface area (Å²) in [6, 6.07) is 22.2. The first-order valence-electron chi connectivity index (χ1n) is 11.6. The first kappa shape index (κ1) is 21.3. The second-order valence-corrected chi connectivity index (χ2v) is 8.89. The normalized spacial score (nSPS) is 14.5. The molecule has 4 aromatic rings. The summed E-state index contributed by atoms with van der Waals surface area (Å²) >= 11 is 0. The Morgan fingerprint density at radius 1 is 1.00 bits per heavy atom. The Hall–Kier alpha value is -3.60. The molecule has 5 rings (SSSR count). The summed E-state index contributed by atoms with van der Waals surface area (Å²) in [4.78, 5) is 19.6. The van der Waals surface area contributed by atoms with Gasteiger partial charge < -0.3 is 14.0 Å². The third kappa shape index (κ3) is 4.92. The third-order valence-corrected chi connectivity index (χ3v) is 6.48. The molecule has 0 spiro atoms. The van der Waals surface area contributed by atoms with Gasteiger partial charge in [-0.05, 0) is 73.6 Å². The summed E-state index contributed by atoms with van der Waals surface area (Å²) in [5.41, 5.74) is 5.06. The minimum atomic E-state index is 0.107. The Morgan fingerprint density at radius 3 is 2.48 bits per heavy atom. The predicted molar refractivity (Wildman–Crippen MR) is 129 cm³/mol. The van der Waals surface area contributed by atoms with Crippen LogP contribution in [0.3, 0.4) is 0 Å². The third-order valence-electron chi connectivity index (χ3n) is 6.48. The molecule has 0 N–H and O–H groups in total. The molecular weight excluding hydrogens is 410 g/mol. The second kappa shape index (κ2) is 9.49. The molecule has 1 amide bonds. The molecular formula is C28H29N3O2. The molecule has 2 aromatic carbocycles. The summed E-state index contributed by atoms with van der Waals surface area (Å²) in [6.45, 7) is 4.08. The van der Waals surface area contributed by atoms with Gasteiger partial charge in [0, 0.05) is 31.0 Å². The highest BCUT2D eigenvalue weighted by molar-refractivity contribution is 5.94. The van der Waals surface area contributed by atoms with Gasteiger partial charge >= 0.3 is 0 Å². The van der Waals surface area contributed by atoms with Crippen LogP contribution in [0.1, 0.15) is 40.0 Å². The van der Waals surface area contributed by atoms with Crippen LogP contribution in [0, 0.1) is 12.8 Å². The number of hydrogen-bond donors (Lipinski definition) is 0. The van der Waals surface area contributed by atoms with Crippen molar-refractivity contribution in [2.75, 3.05) is 13.1 Å². The number of ether oxygens (including phenoxy) is 1. The highest BCUT2D eigenvalue weighted by atomic mass is 16.5. The zero-order valence-corrected chi connectivity index (χ0v) is 19.0. The molecule has 33 heavy (non-hydrogen) atoms. The van der Waals surface area contributed by atoms with Gasteiger partial charge in [-0.15, -0.1) is 0 Å². The van der Waals surface area contributed by atoms with Gasteiger partial charge in [-0.2, -0.15) is 0 Å². The first-order valence-corrected chi connectivity index (χ1v) is 11.6. The van der Waals surface area contributed by atoms with Crippen LogP contribution in [0.25, 0.3) is 5.65 Å². The van der Waals surface area contributed by atoms with E-state index in [4.69, 9.17) is 4.74 Å². The molecule has 5 heteroatoms. The molecule has 0 bridgehead atoms. The first-order chi connectivity index (χ1) is 16.2. The van der Waals surface area contributed by atoms with E-state index >= 15 is 0 Å². The number of carbonyl (C=O) groups excluding carboxylic acids is 1. The standard InChI is InChI=1S/C28H29N3O2/c1-21-6-5-15-31-19-25(29-27(21)31)20-33-26-11-9-24(10-12-26)28(32)30-16-13-23(14-17-30)18-22-7-3-2-4-8-22/h2-12,15,19,23H,13-14,16-18,20H2,1H3. The largest absolute Gasteiger partial charge is 0.487 e. The number of fused-ring (bicyclic) bond motifs is 1. The number of pyridine rings is 1. The number of likely N-dealkylation sites (tertiary alicyclic amines) is 1. The smallest absolute Gasteiger partial charge is 0.253 e. The molecule has 0 aliphatic carbocycles. The van der Waals surface area contributed by atoms with E-state index in [1.165, 1.54) is 5.56 Å². The highest BCUT2D eigenvalue weighted by Crippen LogP contribution is 2.23. The van der Waals surface area contributed by atoms with Crippen molar-refractivity contribution in [2.45, 2.75) is 32.8 Å². The second-order valence-electron chi connectivity index (χ2n) is 8.89. The van der Waals surface area contributed by atoms with Crippen molar-refractivity contribution in [2.24, 2.45) is 5.92 Å². The number of imidazole rings is 1. The summed E-state index contributed by atoms with van der Waals surface area (Å²) < 4.78 is 7.92. The quantitative estimate of drug-likeness (QED) is 0.409. The molecule has 2 aromatic heterocycles. The van der Waals surface area contributed by atoms with E-state index < -0.39 is 0 Å². The number of piperidine rings is 1. The lowest BCUT2D eigenvalue weighted by Gasteiger charge is -2.32. The average Bonchev–Trinajstić information content (AvgIpc) is 3.28. The van der Waals surface area contributed by atoms with Crippen molar-refractivity contribution in [1.82, 2.24) is 14.3 Å². The number of rotatable bonds is 6. The summed E-state index contributed by atoms with van der Waals surface area (Å²) in [5, 5.41) is 0. The minimum absolute atomic E-state index is 0.107. The van der Waals surface area contributed by atoms with Crippen LogP contribution in [0.2, 0.25) is 0 Å². The van der Waals surface area contributed by atoms with Crippen LogP contribution in [-0.2, 0) is 13.0 Å². The maximum Gasteiger partial charge on any atom is 0.253 e. The monoisotopic (exact) mass is 439 g/mol. The fourth-order valence-electron chi connectivity index (χ4n) is 4.60. The van der Waals surface area contributed by atoms with Crippen LogP contribution in [0.4, 0.5) is 0 Å². The Labute approximate surface area is 194 Å². The van der Waals surface area contributed by atoms with Crippen molar-refractivity contribution >= 4 is 11.6 Å². The highest BCUT2D eigenvalue weighted by Gasteiger charge is 2.23. The number of hydrogen-bond acceptors (Lipinski definition) is 3. The van der Waals surface area contributed by atoms with E-state index in [1.807, 2.05) is 52.0 Å². The molecule has 0 radical (unpaired) electrons. The Bertz CT molecular complexity index is 1220. The van der Waals surface area contributed by atoms with Crippen molar-refractivity contribution in [3.8, 4) is 5.75 Å². The SMILES string of the molecule is Cc1cccn2cc(COc3ccc(C(=O)N4CCC(Cc5ccccc5)CC4)cc3)nc12. The number of aryl methyl sites for hydroxylation is 1. The molecule has 0 atom stereocenters. The average molecular weight is 440 g/mol. The molecule has 1 aliphatic heterocycles. The maximum absolute atomic E-state index is 13.0. The molecule has 0 unspecified atom stereocenters. The fraction of sp³-hybridized carbons (Fsp3) is 0.286. The molecule has 0 saturated carbocycles. The van der Waals surface area contributed by atoms with Crippen LogP contribution in [0.5, 0.6) is 5.75 Å². The van der Waals surface area contributed by atoms with Gasteiger partial charge in [-0.25, -0.2) is 4.98 Å². The molecule has 3 heterocycles. The minimum Gasteiger partial charge on any atom is -0.487 e. The predicted octanol–water partition coefficient (Wildman–Crippen LogP) is 5.32. The van der Waals surface area contributed by atoms with Gasteiger partial charge in [-0.3, -0.25) is 4.79 Å². The van der Waals surface area contributed by atoms with Crippen molar-refractivity contribution in [3.63, 3.8) is 0 Å². The van der Waals surface area contributed by atoms with Crippen LogP contribution < -0.4 is 4.74 Å². The molecule has 1 aliphatic rings. The lowest BCUT2D eigenvalue weighted by atomic mass is 9.90. The Balaban J connectivity index is 1.14. The topological polar surface area (TPSA) is 46.8 Å². The number of carbonyl (C=O) groups is 1. The molecule has 1 saturated heterocycles. The van der Waals surface area contributed by atoms with E-state index in [1.54, 1.807) is 0 Å². The fourth-order valence-corrected chi connectivity index (χ4v) is 4.60. The lowest BCUT2D eigenvalue weighted by Crippen LogP contribution is -2.38. The van der Waals surface area contributed by atoms with Gasteiger partial charge in [0.05, 0.1) is 5.69 Å². The number of nitrogens with zero attached hydrogens (tertiary/aromatic N) is 3. The van der Waals surface area contributed by atoms with E-state index in [-0.39, 0.29) is 5.91 Å². The maximum atomic E-state index is 13.0. The van der Waals surface area contributed by atoms with Crippen molar-refractivity contribution < 1.29 is 9.53 Å². The molecule has 168 valence electrons. The van der Waals surface area contributed by atoms with Crippen molar-refractivity contribution in [3.05, 3.63) is 102 Å². The summed E-state index contributed by atoms with van der Waals surface area (Å²) in [6.07, 6.45) is 7.19. The zero-order valence-electron chi connectivity index (χ0n) is 19.0. The van der Waals surface area contributed by atoms with Gasteiger partial charge in [0.25, 0.3) is 5.91 Å². The van der Waals surface area contributed by atoms with Gasteiger partial charge in [0.2, 0.25) is 0 Å². The Kier molecular flexibility index (Phi) is 6.11. The van der Waals surface area contributed by atoms with E-state index in [0.717, 1.165) is 55.0 Å². The van der Waals surface area contributed by atoms with E-state index in [2.05, 4.69) is 48.3 Å². The molecule has 5 nitrogen and oxygen atoms in total. The van der Waals surface area contributed by atoms with Gasteiger partial charge in [0.15, 0.2) is 0 Å². The number of aromatic nitrogens is 2. The van der Waals surface area contributed by atoms with Crippen LogP contribution in [-0.4, -0.2) is 33.3 Å². The lowest BCUT2D eigenvalue weighted by molar-refractivity contribution is 0.0690. The van der Waals surface area contributed by atoms with Gasteiger partial charge in [0.1, 0.15) is 18.0 Å². The number of amides is 1. The van der Waals surface area contributed by atoms with E-state index in [9.17, 15) is 4.79 Å². The summed E-state index contributed by atoms with van der Waals surface area (Å²) in [7, 11) is 0.